The predicted molar refractivity (Wildman–Crippen MR) is 49.6 cm³/mol. The zero-order valence-electron chi connectivity index (χ0n) is 7.61. The van der Waals surface area contributed by atoms with Crippen molar-refractivity contribution in [3.8, 4) is 11.4 Å². The standard InChI is InChI=1S/C10H8AtN3/c1-7-6-12-10(14-13-7)8-2-4-9(11)5-3-8/h2-6H,1H3/i11+1. The second-order valence-electron chi connectivity index (χ2n) is 2.93. The molecule has 0 aliphatic heterocycles. The van der Waals surface area contributed by atoms with Crippen LogP contribution in [0.25, 0.3) is 11.4 Å². The Morgan fingerprint density at radius 3 is 2.36 bits per heavy atom. The summed E-state index contributed by atoms with van der Waals surface area (Å²) in [7, 11) is 0. The van der Waals surface area contributed by atoms with Crippen LogP contribution in [0.3, 0.4) is 0 Å². The molecule has 0 aliphatic rings. The minimum atomic E-state index is 0.683. The number of aryl methyl sites for hydroxylation is 1. The van der Waals surface area contributed by atoms with Crippen molar-refractivity contribution in [2.45, 2.75) is 6.92 Å². The van der Waals surface area contributed by atoms with Crippen molar-refractivity contribution in [2.24, 2.45) is 0 Å². The van der Waals surface area contributed by atoms with Gasteiger partial charge in [0.1, 0.15) is 0 Å². The number of benzene rings is 1. The summed E-state index contributed by atoms with van der Waals surface area (Å²) in [6, 6.07) is 8.16. The van der Waals surface area contributed by atoms with Gasteiger partial charge in [0.15, 0.2) is 0 Å². The molecule has 0 atom stereocenters. The molecule has 0 unspecified atom stereocenters. The zero-order valence-corrected chi connectivity index (χ0v) is 10.5. The van der Waals surface area contributed by atoms with Crippen LogP contribution in [0.4, 0.5) is 0 Å². The fraction of sp³-hybridized carbons (Fsp3) is 0.100. The van der Waals surface area contributed by atoms with Gasteiger partial charge in [0, 0.05) is 0 Å². The topological polar surface area (TPSA) is 38.7 Å². The Labute approximate surface area is 97.4 Å². The van der Waals surface area contributed by atoms with Crippen LogP contribution in [-0.2, 0) is 0 Å². The first kappa shape index (κ1) is 9.66. The SMILES string of the molecule is Cc1cnc(-c2ccc([211At])cc2)nn1. The molecule has 1 aromatic heterocycles. The van der Waals surface area contributed by atoms with E-state index in [1.807, 2.05) is 19.1 Å². The zero-order chi connectivity index (χ0) is 9.97. The summed E-state index contributed by atoms with van der Waals surface area (Å²) < 4.78 is 1.29. The summed E-state index contributed by atoms with van der Waals surface area (Å²) >= 11 is 1.66. The van der Waals surface area contributed by atoms with Crippen LogP contribution in [-0.4, -0.2) is 15.2 Å². The summed E-state index contributed by atoms with van der Waals surface area (Å²) in [4.78, 5) is 4.21. The third kappa shape index (κ3) is 2.13. The van der Waals surface area contributed by atoms with Crippen molar-refractivity contribution in [1.82, 2.24) is 15.2 Å². The molecule has 0 bridgehead atoms. The Kier molecular flexibility index (Phi) is 2.83. The molecule has 0 spiro atoms. The molecular formula is C10H8AtN3. The minimum absolute atomic E-state index is 0.683. The normalized spacial score (nSPS) is 10.1. The molecule has 0 aliphatic carbocycles. The van der Waals surface area contributed by atoms with Crippen molar-refractivity contribution < 1.29 is 24.7 Å². The van der Waals surface area contributed by atoms with Gasteiger partial charge in [0.05, 0.1) is 0 Å². The summed E-state index contributed by atoms with van der Waals surface area (Å²) in [6.45, 7) is 1.88. The van der Waals surface area contributed by atoms with Crippen molar-refractivity contribution in [2.75, 3.05) is 0 Å². The van der Waals surface area contributed by atoms with Gasteiger partial charge in [-0.1, -0.05) is 0 Å². The van der Waals surface area contributed by atoms with E-state index in [0.29, 0.717) is 5.82 Å². The summed E-state index contributed by atoms with van der Waals surface area (Å²) in [5.74, 6) is 0.683. The first-order valence-corrected chi connectivity index (χ1v) is 5.65. The van der Waals surface area contributed by atoms with Crippen molar-refractivity contribution in [3.63, 3.8) is 0 Å². The number of hydrogen-bond acceptors (Lipinski definition) is 3. The molecule has 0 fully saturated rings. The van der Waals surface area contributed by atoms with Crippen LogP contribution in [0.2, 0.25) is 0 Å². The molecule has 0 saturated carbocycles. The fourth-order valence-corrected chi connectivity index (χ4v) is 1.55. The van der Waals surface area contributed by atoms with Crippen molar-refractivity contribution in [3.05, 3.63) is 36.2 Å². The summed E-state index contributed by atoms with van der Waals surface area (Å²) in [5, 5.41) is 7.99. The molecule has 0 amide bonds. The molecule has 3 nitrogen and oxygen atoms in total. The Hall–Kier alpha value is -0.887. The second-order valence-corrected chi connectivity index (χ2v) is 4.63. The van der Waals surface area contributed by atoms with Crippen molar-refractivity contribution >= 4 is 3.27 Å². The molecule has 2 rings (SSSR count). The molecule has 1 heterocycles. The summed E-state index contributed by atoms with van der Waals surface area (Å²) in [6.07, 6.45) is 1.73. The second kappa shape index (κ2) is 4.10. The average molecular weight is 381 g/mol. The van der Waals surface area contributed by atoms with Crippen LogP contribution in [0.5, 0.6) is 0 Å². The van der Waals surface area contributed by atoms with Crippen LogP contribution in [0.1, 0.15) is 5.69 Å². The molecule has 14 heavy (non-hydrogen) atoms. The molecular weight excluding hydrogens is 373 g/mol. The molecule has 4 heteroatoms. The maximum absolute atomic E-state index is 4.21. The monoisotopic (exact) mass is 381 g/mol. The van der Waals surface area contributed by atoms with Crippen LogP contribution < -0.4 is 3.27 Å². The molecule has 1 aromatic carbocycles. The molecule has 0 radical (unpaired) electrons. The number of hydrogen-bond donors (Lipinski definition) is 0. The van der Waals surface area contributed by atoms with Crippen LogP contribution in [0, 0.1) is 31.6 Å². The van der Waals surface area contributed by atoms with Gasteiger partial charge in [-0.2, -0.15) is 0 Å². The van der Waals surface area contributed by atoms with E-state index in [1.165, 1.54) is 3.27 Å². The Morgan fingerprint density at radius 1 is 1.07 bits per heavy atom. The Morgan fingerprint density at radius 2 is 1.79 bits per heavy atom. The van der Waals surface area contributed by atoms with E-state index in [9.17, 15) is 0 Å². The van der Waals surface area contributed by atoms with E-state index >= 15 is 0 Å². The Bertz CT molecular complexity index is 379. The first-order valence-electron chi connectivity index (χ1n) is 4.18. The molecule has 2 aromatic rings. The van der Waals surface area contributed by atoms with E-state index in [1.54, 1.807) is 30.9 Å². The van der Waals surface area contributed by atoms with Gasteiger partial charge in [-0.3, -0.25) is 0 Å². The van der Waals surface area contributed by atoms with Crippen molar-refractivity contribution in [1.29, 1.82) is 0 Å². The number of aromatic nitrogens is 3. The van der Waals surface area contributed by atoms with Crippen LogP contribution >= 0.6 is 0 Å². The number of nitrogens with zero attached hydrogens (tertiary/aromatic N) is 3. The van der Waals surface area contributed by atoms with Gasteiger partial charge in [-0.05, 0) is 0 Å². The number of rotatable bonds is 1. The molecule has 70 valence electrons. The average Bonchev–Trinajstić information content (AvgIpc) is 2.21. The first-order chi connectivity index (χ1) is 6.75. The third-order valence-corrected chi connectivity index (χ3v) is 2.76. The van der Waals surface area contributed by atoms with Gasteiger partial charge >= 0.3 is 97.6 Å². The van der Waals surface area contributed by atoms with Gasteiger partial charge in [0.25, 0.3) is 0 Å². The van der Waals surface area contributed by atoms with Gasteiger partial charge < -0.3 is 0 Å². The van der Waals surface area contributed by atoms with Gasteiger partial charge in [-0.25, -0.2) is 0 Å². The fourth-order valence-electron chi connectivity index (χ4n) is 1.06. The van der Waals surface area contributed by atoms with Crippen LogP contribution in [0.15, 0.2) is 30.5 Å². The van der Waals surface area contributed by atoms with E-state index < -0.39 is 0 Å². The molecule has 0 saturated heterocycles. The molecule has 0 N–H and O–H groups in total. The van der Waals surface area contributed by atoms with E-state index in [0.717, 1.165) is 11.3 Å². The van der Waals surface area contributed by atoms with Gasteiger partial charge in [0.2, 0.25) is 0 Å². The third-order valence-electron chi connectivity index (χ3n) is 1.78. The predicted octanol–water partition coefficient (Wildman–Crippen LogP) is 1.02. The van der Waals surface area contributed by atoms with E-state index in [4.69, 9.17) is 0 Å². The summed E-state index contributed by atoms with van der Waals surface area (Å²) in [5.41, 5.74) is 1.85. The van der Waals surface area contributed by atoms with E-state index in [2.05, 4.69) is 27.3 Å². The van der Waals surface area contributed by atoms with Gasteiger partial charge in [-0.15, -0.1) is 0 Å². The van der Waals surface area contributed by atoms with E-state index in [-0.39, 0.29) is 0 Å². The Balaban J connectivity index is 2.40. The quantitative estimate of drug-likeness (QED) is 0.741. The maximum atomic E-state index is 4.21.